The molecule has 0 bridgehead atoms. The molecule has 4 heteroatoms. The van der Waals surface area contributed by atoms with Gasteiger partial charge in [-0.25, -0.2) is 0 Å². The van der Waals surface area contributed by atoms with Crippen LogP contribution in [0.4, 0.5) is 0 Å². The van der Waals surface area contributed by atoms with E-state index in [2.05, 4.69) is 103 Å². The molecular weight excluding hydrogens is 733 g/mol. The standard InChI is InChI=1S/C56H32N2O2/c57-33-38-14-4-6-16-44(38)50-31-42(35-12-2-1-3-13-35)32-51(45-17-7-5-15-39(45)34-58)56(50)43-27-40(36-22-24-54-48(29-36)46-18-8-10-20-52(46)59-54)26-41(28-43)37-23-25-55-49(30-37)47-19-9-11-21-53(47)60-55/h1-32H. The minimum absolute atomic E-state index is 0.564. The predicted molar refractivity (Wildman–Crippen MR) is 243 cm³/mol. The SMILES string of the molecule is N#Cc1ccccc1-c1cc(-c2ccccc2)cc(-c2ccccc2C#N)c1-c1cc(-c2ccc3oc4ccccc4c3c2)cc(-c2ccc3oc4ccccc4c3c2)c1. The van der Waals surface area contributed by atoms with Crippen LogP contribution < -0.4 is 0 Å². The first-order valence-corrected chi connectivity index (χ1v) is 19.8. The van der Waals surface area contributed by atoms with Crippen molar-refractivity contribution in [1.29, 1.82) is 10.5 Å². The summed E-state index contributed by atoms with van der Waals surface area (Å²) in [4.78, 5) is 0. The number of nitriles is 2. The maximum atomic E-state index is 10.6. The van der Waals surface area contributed by atoms with Crippen LogP contribution >= 0.6 is 0 Å². The molecule has 9 aromatic carbocycles. The van der Waals surface area contributed by atoms with Gasteiger partial charge in [0.05, 0.1) is 23.3 Å². The summed E-state index contributed by atoms with van der Waals surface area (Å²) in [6.07, 6.45) is 0. The molecule has 0 saturated carbocycles. The fourth-order valence-corrected chi connectivity index (χ4v) is 8.72. The smallest absolute Gasteiger partial charge is 0.135 e. The molecule has 0 amide bonds. The maximum absolute atomic E-state index is 10.6. The number of nitrogens with zero attached hydrogens (tertiary/aromatic N) is 2. The van der Waals surface area contributed by atoms with E-state index in [9.17, 15) is 10.5 Å². The number of fused-ring (bicyclic) bond motifs is 6. The van der Waals surface area contributed by atoms with Gasteiger partial charge >= 0.3 is 0 Å². The lowest BCUT2D eigenvalue weighted by Gasteiger charge is -2.21. The lowest BCUT2D eigenvalue weighted by molar-refractivity contribution is 0.668. The van der Waals surface area contributed by atoms with Crippen molar-refractivity contribution in [3.63, 3.8) is 0 Å². The second-order valence-electron chi connectivity index (χ2n) is 15.0. The van der Waals surface area contributed by atoms with Gasteiger partial charge in [0.1, 0.15) is 22.3 Å². The monoisotopic (exact) mass is 764 g/mol. The molecule has 2 heterocycles. The van der Waals surface area contributed by atoms with Gasteiger partial charge in [0.2, 0.25) is 0 Å². The molecule has 0 aliphatic heterocycles. The van der Waals surface area contributed by atoms with E-state index in [1.807, 2.05) is 103 Å². The van der Waals surface area contributed by atoms with Gasteiger partial charge in [-0.1, -0.05) is 115 Å². The fraction of sp³-hybridized carbons (Fsp3) is 0. The Hall–Kier alpha value is -8.44. The molecule has 0 radical (unpaired) electrons. The minimum Gasteiger partial charge on any atom is -0.456 e. The van der Waals surface area contributed by atoms with Gasteiger partial charge in [-0.3, -0.25) is 0 Å². The van der Waals surface area contributed by atoms with Gasteiger partial charge in [-0.15, -0.1) is 0 Å². The van der Waals surface area contributed by atoms with E-state index in [1.54, 1.807) is 0 Å². The molecule has 0 spiro atoms. The molecule has 60 heavy (non-hydrogen) atoms. The summed E-state index contributed by atoms with van der Waals surface area (Å²) in [5, 5.41) is 25.3. The molecule has 0 saturated heterocycles. The molecule has 11 aromatic rings. The third-order valence-corrected chi connectivity index (χ3v) is 11.6. The summed E-state index contributed by atoms with van der Waals surface area (Å²) < 4.78 is 12.5. The zero-order chi connectivity index (χ0) is 40.2. The van der Waals surface area contributed by atoms with Crippen molar-refractivity contribution in [1.82, 2.24) is 0 Å². The summed E-state index contributed by atoms with van der Waals surface area (Å²) in [6.45, 7) is 0. The highest BCUT2D eigenvalue weighted by Gasteiger charge is 2.22. The number of rotatable bonds is 6. The third-order valence-electron chi connectivity index (χ3n) is 11.6. The fourth-order valence-electron chi connectivity index (χ4n) is 8.72. The summed E-state index contributed by atoms with van der Waals surface area (Å²) in [6, 6.07) is 70.9. The molecular formula is C56H32N2O2. The van der Waals surface area contributed by atoms with Crippen molar-refractivity contribution in [2.75, 3.05) is 0 Å². The Labute approximate surface area is 346 Å². The number of hydrogen-bond donors (Lipinski definition) is 0. The Morgan fingerprint density at radius 3 is 1.22 bits per heavy atom. The van der Waals surface area contributed by atoms with Crippen molar-refractivity contribution < 1.29 is 8.83 Å². The Morgan fingerprint density at radius 2 is 0.700 bits per heavy atom. The predicted octanol–water partition coefficient (Wildman–Crippen LogP) is 15.2. The van der Waals surface area contributed by atoms with E-state index in [-0.39, 0.29) is 0 Å². The Bertz CT molecular complexity index is 3370. The van der Waals surface area contributed by atoms with Crippen LogP contribution in [0.1, 0.15) is 11.1 Å². The highest BCUT2D eigenvalue weighted by molar-refractivity contribution is 6.08. The Morgan fingerprint density at radius 1 is 0.283 bits per heavy atom. The van der Waals surface area contributed by atoms with Gasteiger partial charge in [0, 0.05) is 32.7 Å². The molecule has 4 nitrogen and oxygen atoms in total. The zero-order valence-corrected chi connectivity index (χ0v) is 32.2. The van der Waals surface area contributed by atoms with Crippen LogP contribution in [-0.4, -0.2) is 0 Å². The van der Waals surface area contributed by atoms with Crippen molar-refractivity contribution in [3.05, 3.63) is 205 Å². The van der Waals surface area contributed by atoms with Gasteiger partial charge in [-0.2, -0.15) is 10.5 Å². The van der Waals surface area contributed by atoms with Crippen LogP contribution in [0.3, 0.4) is 0 Å². The summed E-state index contributed by atoms with van der Waals surface area (Å²) in [7, 11) is 0. The van der Waals surface area contributed by atoms with Crippen LogP contribution in [0.5, 0.6) is 0 Å². The molecule has 11 rings (SSSR count). The summed E-state index contributed by atoms with van der Waals surface area (Å²) >= 11 is 0. The van der Waals surface area contributed by atoms with Crippen LogP contribution in [0.2, 0.25) is 0 Å². The molecule has 0 fully saturated rings. The highest BCUT2D eigenvalue weighted by atomic mass is 16.3. The first-order chi connectivity index (χ1) is 29.6. The van der Waals surface area contributed by atoms with Crippen LogP contribution in [0, 0.1) is 22.7 Å². The van der Waals surface area contributed by atoms with Gasteiger partial charge in [0.15, 0.2) is 0 Å². The maximum Gasteiger partial charge on any atom is 0.135 e. The number of para-hydroxylation sites is 2. The third kappa shape index (κ3) is 5.83. The van der Waals surface area contributed by atoms with E-state index in [0.29, 0.717) is 11.1 Å². The van der Waals surface area contributed by atoms with Gasteiger partial charge in [0.25, 0.3) is 0 Å². The average molecular weight is 765 g/mol. The normalized spacial score (nSPS) is 11.3. The zero-order valence-electron chi connectivity index (χ0n) is 32.2. The van der Waals surface area contributed by atoms with Crippen molar-refractivity contribution >= 4 is 43.9 Å². The lowest BCUT2D eigenvalue weighted by Crippen LogP contribution is -1.97. The van der Waals surface area contributed by atoms with E-state index >= 15 is 0 Å². The summed E-state index contributed by atoms with van der Waals surface area (Å²) in [5.74, 6) is 0. The topological polar surface area (TPSA) is 73.9 Å². The van der Waals surface area contributed by atoms with Gasteiger partial charge < -0.3 is 8.83 Å². The molecule has 0 atom stereocenters. The first kappa shape index (κ1) is 34.8. The Balaban J connectivity index is 1.26. The molecule has 0 aliphatic carbocycles. The number of benzene rings is 9. The van der Waals surface area contributed by atoms with E-state index < -0.39 is 0 Å². The second-order valence-corrected chi connectivity index (χ2v) is 15.0. The molecule has 2 aromatic heterocycles. The quantitative estimate of drug-likeness (QED) is 0.169. The summed E-state index contributed by atoms with van der Waals surface area (Å²) in [5.41, 5.74) is 15.9. The first-order valence-electron chi connectivity index (χ1n) is 19.8. The lowest BCUT2D eigenvalue weighted by atomic mass is 9.81. The van der Waals surface area contributed by atoms with Gasteiger partial charge in [-0.05, 0) is 134 Å². The van der Waals surface area contributed by atoms with Crippen molar-refractivity contribution in [2.45, 2.75) is 0 Å². The molecule has 278 valence electrons. The van der Waals surface area contributed by atoms with E-state index in [4.69, 9.17) is 8.83 Å². The number of furan rings is 2. The molecule has 0 unspecified atom stereocenters. The van der Waals surface area contributed by atoms with Crippen molar-refractivity contribution in [3.8, 4) is 78.9 Å². The largest absolute Gasteiger partial charge is 0.456 e. The average Bonchev–Trinajstić information content (AvgIpc) is 3.89. The minimum atomic E-state index is 0.564. The van der Waals surface area contributed by atoms with Crippen LogP contribution in [0.15, 0.2) is 203 Å². The van der Waals surface area contributed by atoms with E-state index in [0.717, 1.165) is 111 Å². The Kier molecular flexibility index (Phi) is 8.22. The molecule has 0 N–H and O–H groups in total. The van der Waals surface area contributed by atoms with Crippen LogP contribution in [0.25, 0.3) is 111 Å². The highest BCUT2D eigenvalue weighted by Crippen LogP contribution is 2.47. The second kappa shape index (κ2) is 14.2. The van der Waals surface area contributed by atoms with E-state index in [1.165, 1.54) is 0 Å². The van der Waals surface area contributed by atoms with Crippen LogP contribution in [-0.2, 0) is 0 Å². The van der Waals surface area contributed by atoms with Crippen molar-refractivity contribution in [2.24, 2.45) is 0 Å². The number of hydrogen-bond acceptors (Lipinski definition) is 4. The molecule has 0 aliphatic rings.